The Bertz CT molecular complexity index is 1110. The maximum atomic E-state index is 13.4. The van der Waals surface area contributed by atoms with Crippen LogP contribution in [-0.4, -0.2) is 59.2 Å². The number of carbonyl (C=O) groups excluding carboxylic acids is 2. The first-order valence-electron chi connectivity index (χ1n) is 11.7. The van der Waals surface area contributed by atoms with Crippen molar-refractivity contribution in [1.82, 2.24) is 15.4 Å². The minimum absolute atomic E-state index is 0.0141. The Balaban J connectivity index is 1.23. The van der Waals surface area contributed by atoms with Crippen molar-refractivity contribution in [3.05, 3.63) is 54.6 Å². The molecule has 5 rings (SSSR count). The van der Waals surface area contributed by atoms with Crippen molar-refractivity contribution in [2.45, 2.75) is 25.4 Å². The number of hydroxylamine groups is 1. The maximum absolute atomic E-state index is 13.4. The number of piperazine rings is 1. The first-order valence-corrected chi connectivity index (χ1v) is 12.5. The molecule has 2 aliphatic rings. The van der Waals surface area contributed by atoms with Crippen LogP contribution >= 0.6 is 11.3 Å². The van der Waals surface area contributed by atoms with Gasteiger partial charge in [0.25, 0.3) is 5.19 Å². The van der Waals surface area contributed by atoms with Crippen LogP contribution in [-0.2, 0) is 9.59 Å². The number of rotatable bonds is 5. The zero-order valence-electron chi connectivity index (χ0n) is 18.8. The smallest absolute Gasteiger partial charge is 0.274 e. The molecule has 0 spiro atoms. The van der Waals surface area contributed by atoms with Gasteiger partial charge >= 0.3 is 0 Å². The zero-order chi connectivity index (χ0) is 23.5. The molecule has 9 heteroatoms. The van der Waals surface area contributed by atoms with Crippen molar-refractivity contribution in [3.63, 3.8) is 0 Å². The van der Waals surface area contributed by atoms with Crippen LogP contribution in [0.2, 0.25) is 0 Å². The Morgan fingerprint density at radius 2 is 1.71 bits per heavy atom. The van der Waals surface area contributed by atoms with E-state index in [9.17, 15) is 14.8 Å². The van der Waals surface area contributed by atoms with Crippen LogP contribution in [0, 0.1) is 11.8 Å². The number of thiazole rings is 1. The highest BCUT2D eigenvalue weighted by Gasteiger charge is 2.42. The van der Waals surface area contributed by atoms with Crippen LogP contribution in [0.15, 0.2) is 54.6 Å². The van der Waals surface area contributed by atoms with Gasteiger partial charge in [-0.25, -0.2) is 10.5 Å². The Hall–Kier alpha value is -3.17. The second-order valence-electron chi connectivity index (χ2n) is 8.84. The van der Waals surface area contributed by atoms with Crippen LogP contribution in [0.1, 0.15) is 19.3 Å². The van der Waals surface area contributed by atoms with Crippen molar-refractivity contribution >= 4 is 39.1 Å². The van der Waals surface area contributed by atoms with Gasteiger partial charge in [0, 0.05) is 31.9 Å². The fourth-order valence-corrected chi connectivity index (χ4v) is 5.89. The molecular formula is C25H28N4O4S. The van der Waals surface area contributed by atoms with E-state index in [0.29, 0.717) is 37.5 Å². The molecule has 178 valence electrons. The van der Waals surface area contributed by atoms with E-state index in [2.05, 4.69) is 22.0 Å². The van der Waals surface area contributed by atoms with Gasteiger partial charge in [-0.2, -0.15) is 0 Å². The lowest BCUT2D eigenvalue weighted by atomic mass is 9.76. The number of amides is 2. The monoisotopic (exact) mass is 480 g/mol. The summed E-state index contributed by atoms with van der Waals surface area (Å²) in [5.41, 5.74) is 3.80. The molecule has 2 heterocycles. The topological polar surface area (TPSA) is 95.0 Å². The summed E-state index contributed by atoms with van der Waals surface area (Å²) in [6.07, 6.45) is 1.32. The van der Waals surface area contributed by atoms with Gasteiger partial charge in [0.2, 0.25) is 11.8 Å². The van der Waals surface area contributed by atoms with Gasteiger partial charge in [-0.05, 0) is 43.5 Å². The largest absolute Gasteiger partial charge is 0.467 e. The van der Waals surface area contributed by atoms with Crippen LogP contribution < -0.4 is 15.1 Å². The first-order chi connectivity index (χ1) is 16.6. The van der Waals surface area contributed by atoms with E-state index in [4.69, 9.17) is 4.74 Å². The van der Waals surface area contributed by atoms with Gasteiger partial charge in [-0.15, -0.1) is 0 Å². The quantitative estimate of drug-likeness (QED) is 0.430. The Labute approximate surface area is 202 Å². The second-order valence-corrected chi connectivity index (χ2v) is 9.83. The zero-order valence-corrected chi connectivity index (χ0v) is 19.6. The summed E-state index contributed by atoms with van der Waals surface area (Å²) in [6, 6.07) is 18.0. The van der Waals surface area contributed by atoms with E-state index in [0.717, 1.165) is 29.0 Å². The number of nitrogens with zero attached hydrogens (tertiary/aromatic N) is 3. The summed E-state index contributed by atoms with van der Waals surface area (Å²) in [5, 5.41) is 9.91. The van der Waals surface area contributed by atoms with Crippen molar-refractivity contribution < 1.29 is 19.5 Å². The number of carbonyl (C=O) groups is 2. The molecule has 1 saturated heterocycles. The molecule has 0 radical (unpaired) electrons. The lowest BCUT2D eigenvalue weighted by molar-refractivity contribution is -0.148. The van der Waals surface area contributed by atoms with Gasteiger partial charge in [0.1, 0.15) is 6.10 Å². The van der Waals surface area contributed by atoms with Gasteiger partial charge in [0.05, 0.1) is 22.1 Å². The highest BCUT2D eigenvalue weighted by atomic mass is 32.1. The normalized spacial score (nSPS) is 23.0. The number of benzene rings is 2. The number of anilines is 1. The fourth-order valence-electron chi connectivity index (χ4n) is 5.01. The number of hydrogen-bond acceptors (Lipinski definition) is 7. The van der Waals surface area contributed by atoms with Crippen molar-refractivity contribution in [1.29, 1.82) is 0 Å². The highest BCUT2D eigenvalue weighted by molar-refractivity contribution is 7.20. The summed E-state index contributed by atoms with van der Waals surface area (Å²) in [7, 11) is 0. The predicted molar refractivity (Wildman–Crippen MR) is 130 cm³/mol. The van der Waals surface area contributed by atoms with E-state index in [1.807, 2.05) is 47.4 Å². The minimum Gasteiger partial charge on any atom is -0.467 e. The second kappa shape index (κ2) is 9.99. The van der Waals surface area contributed by atoms with E-state index >= 15 is 0 Å². The van der Waals surface area contributed by atoms with E-state index < -0.39 is 17.7 Å². The molecule has 2 N–H and O–H groups in total. The predicted octanol–water partition coefficient (Wildman–Crippen LogP) is 3.31. The molecule has 2 fully saturated rings. The van der Waals surface area contributed by atoms with Crippen molar-refractivity contribution in [2.24, 2.45) is 11.8 Å². The van der Waals surface area contributed by atoms with E-state index in [-0.39, 0.29) is 12.0 Å². The number of hydrogen-bond donors (Lipinski definition) is 2. The molecule has 2 aromatic carbocycles. The summed E-state index contributed by atoms with van der Waals surface area (Å²) >= 11 is 1.47. The Morgan fingerprint density at radius 1 is 0.971 bits per heavy atom. The summed E-state index contributed by atoms with van der Waals surface area (Å²) < 4.78 is 7.16. The molecule has 3 aromatic rings. The SMILES string of the molecule is O=C(NO)[C@H]1C[C@H](Oc2nc3ccccc3s2)CC[C@@H]1C(=O)N1CCN(c2ccccc2)CC1. The Kier molecular flexibility index (Phi) is 6.64. The Morgan fingerprint density at radius 3 is 2.44 bits per heavy atom. The summed E-state index contributed by atoms with van der Waals surface area (Å²) in [4.78, 5) is 34.6. The molecule has 2 amide bonds. The molecule has 1 aliphatic carbocycles. The molecule has 8 nitrogen and oxygen atoms in total. The number of nitrogens with one attached hydrogen (secondary N) is 1. The summed E-state index contributed by atoms with van der Waals surface area (Å²) in [6.45, 7) is 2.73. The van der Waals surface area contributed by atoms with Crippen LogP contribution in [0.4, 0.5) is 5.69 Å². The maximum Gasteiger partial charge on any atom is 0.274 e. The molecule has 0 bridgehead atoms. The number of para-hydroxylation sites is 2. The lowest BCUT2D eigenvalue weighted by Gasteiger charge is -2.40. The third-order valence-corrected chi connectivity index (χ3v) is 7.75. The molecule has 1 aromatic heterocycles. The average Bonchev–Trinajstić information content (AvgIpc) is 3.30. The van der Waals surface area contributed by atoms with E-state index in [1.165, 1.54) is 11.3 Å². The molecule has 1 aliphatic heterocycles. The van der Waals surface area contributed by atoms with Gasteiger partial charge < -0.3 is 14.5 Å². The number of fused-ring (bicyclic) bond motifs is 1. The van der Waals surface area contributed by atoms with Crippen LogP contribution in [0.25, 0.3) is 10.2 Å². The lowest BCUT2D eigenvalue weighted by Crippen LogP contribution is -2.53. The van der Waals surface area contributed by atoms with Crippen molar-refractivity contribution in [3.8, 4) is 5.19 Å². The molecule has 1 saturated carbocycles. The third-order valence-electron chi connectivity index (χ3n) is 6.82. The van der Waals surface area contributed by atoms with Crippen molar-refractivity contribution in [2.75, 3.05) is 31.1 Å². The average molecular weight is 481 g/mol. The van der Waals surface area contributed by atoms with Gasteiger partial charge in [-0.1, -0.05) is 41.7 Å². The van der Waals surface area contributed by atoms with Gasteiger partial charge in [-0.3, -0.25) is 14.8 Å². The molecular weight excluding hydrogens is 452 g/mol. The molecule has 3 atom stereocenters. The van der Waals surface area contributed by atoms with Gasteiger partial charge in [0.15, 0.2) is 0 Å². The molecule has 34 heavy (non-hydrogen) atoms. The van der Waals surface area contributed by atoms with Crippen LogP contribution in [0.5, 0.6) is 5.19 Å². The first kappa shape index (κ1) is 22.6. The standard InChI is InChI=1S/C25H28N4O4S/c30-23(27-32)20-16-18(33-25-26-21-8-4-5-9-22(21)34-25)10-11-19(20)24(31)29-14-12-28(13-15-29)17-6-2-1-3-7-17/h1-9,18-20,32H,10-16H2,(H,27,30)/t18-,19+,20+/m1/s1. The fraction of sp³-hybridized carbons (Fsp3) is 0.400. The molecule has 0 unspecified atom stereocenters. The van der Waals surface area contributed by atoms with E-state index in [1.54, 1.807) is 5.48 Å². The number of aromatic nitrogens is 1. The third kappa shape index (κ3) is 4.71. The van der Waals surface area contributed by atoms with Crippen LogP contribution in [0.3, 0.4) is 0 Å². The highest BCUT2D eigenvalue weighted by Crippen LogP contribution is 2.36. The summed E-state index contributed by atoms with van der Waals surface area (Å²) in [5.74, 6) is -1.65. The number of ether oxygens (including phenoxy) is 1. The minimum atomic E-state index is -0.641.